The van der Waals surface area contributed by atoms with E-state index in [1.165, 1.54) is 27.6 Å². The first-order chi connectivity index (χ1) is 15.2. The molecular weight excluding hydrogens is 386 g/mol. The third kappa shape index (κ3) is 3.50. The zero-order valence-corrected chi connectivity index (χ0v) is 18.2. The number of nitrogens with two attached hydrogens (primary N) is 1. The molecule has 5 rings (SSSR count). The van der Waals surface area contributed by atoms with Crippen LogP contribution in [0, 0.1) is 5.41 Å². The van der Waals surface area contributed by atoms with Gasteiger partial charge >= 0.3 is 0 Å². The normalized spacial score (nSPS) is 25.7. The maximum absolute atomic E-state index is 5.74. The van der Waals surface area contributed by atoms with Crippen LogP contribution in [0.15, 0.2) is 53.7 Å². The standard InChI is InChI=1S/C25H31N5O/c1-27-24(30-26)29-23-21-13-17(18-4-3-16-9-12-28-22(16)14-18)5-6-19(21)15-25(23)10-7-20(31-2)8-11-25/h3-6,9,12-14,20,23,28H,7-8,10-11,15,26H2,1-2H3,(H2,27,29,30). The van der Waals surface area contributed by atoms with Crippen molar-refractivity contribution < 1.29 is 4.74 Å². The van der Waals surface area contributed by atoms with E-state index in [2.05, 4.69) is 58.2 Å². The molecule has 1 spiro atoms. The van der Waals surface area contributed by atoms with Gasteiger partial charge in [-0.15, -0.1) is 0 Å². The van der Waals surface area contributed by atoms with Gasteiger partial charge in [0.05, 0.1) is 12.1 Å². The molecule has 162 valence electrons. The highest BCUT2D eigenvalue weighted by Gasteiger charge is 2.48. The number of hydrazine groups is 1. The van der Waals surface area contributed by atoms with Crippen molar-refractivity contribution in [3.8, 4) is 11.1 Å². The zero-order valence-electron chi connectivity index (χ0n) is 18.2. The van der Waals surface area contributed by atoms with Crippen molar-refractivity contribution in [2.24, 2.45) is 16.3 Å². The van der Waals surface area contributed by atoms with Crippen LogP contribution in [0.2, 0.25) is 0 Å². The number of ether oxygens (including phenoxy) is 1. The number of nitrogens with one attached hydrogen (secondary N) is 3. The zero-order chi connectivity index (χ0) is 21.4. The molecule has 0 aliphatic heterocycles. The summed E-state index contributed by atoms with van der Waals surface area (Å²) in [5.74, 6) is 6.37. The lowest BCUT2D eigenvalue weighted by atomic mass is 9.68. The predicted molar refractivity (Wildman–Crippen MR) is 126 cm³/mol. The minimum Gasteiger partial charge on any atom is -0.381 e. The lowest BCUT2D eigenvalue weighted by molar-refractivity contribution is 0.0210. The minimum absolute atomic E-state index is 0.0768. The van der Waals surface area contributed by atoms with Crippen LogP contribution in [0.1, 0.15) is 42.9 Å². The first-order valence-electron chi connectivity index (χ1n) is 11.1. The van der Waals surface area contributed by atoms with E-state index in [-0.39, 0.29) is 11.5 Å². The van der Waals surface area contributed by atoms with Crippen LogP contribution in [0.3, 0.4) is 0 Å². The summed E-state index contributed by atoms with van der Waals surface area (Å²) in [6.45, 7) is 0. The van der Waals surface area contributed by atoms with E-state index >= 15 is 0 Å². The first kappa shape index (κ1) is 20.1. The Hall–Kier alpha value is -2.83. The van der Waals surface area contributed by atoms with Crippen molar-refractivity contribution in [3.63, 3.8) is 0 Å². The summed E-state index contributed by atoms with van der Waals surface area (Å²) in [7, 11) is 3.68. The Morgan fingerprint density at radius 2 is 1.90 bits per heavy atom. The molecule has 1 aromatic heterocycles. The van der Waals surface area contributed by atoms with Gasteiger partial charge in [-0.2, -0.15) is 0 Å². The van der Waals surface area contributed by atoms with Crippen molar-refractivity contribution >= 4 is 16.9 Å². The van der Waals surface area contributed by atoms with Gasteiger partial charge in [0.2, 0.25) is 5.96 Å². The van der Waals surface area contributed by atoms with Gasteiger partial charge in [0, 0.05) is 31.3 Å². The smallest absolute Gasteiger partial charge is 0.206 e. The fraction of sp³-hybridized carbons (Fsp3) is 0.400. The third-order valence-corrected chi connectivity index (χ3v) is 7.34. The summed E-state index contributed by atoms with van der Waals surface area (Å²) in [4.78, 5) is 8.40. The summed E-state index contributed by atoms with van der Waals surface area (Å²) in [5, 5.41) is 4.33. The molecular formula is C25H31N5O. The highest BCUT2D eigenvalue weighted by atomic mass is 16.5. The summed E-state index contributed by atoms with van der Waals surface area (Å²) in [5.41, 5.74) is 9.18. The van der Waals surface area contributed by atoms with E-state index in [9.17, 15) is 0 Å². The number of aromatic amines is 1. The van der Waals surface area contributed by atoms with Crippen molar-refractivity contribution in [1.29, 1.82) is 0 Å². The second-order valence-corrected chi connectivity index (χ2v) is 8.94. The van der Waals surface area contributed by atoms with Gasteiger partial charge in [-0.05, 0) is 77.9 Å². The van der Waals surface area contributed by atoms with Gasteiger partial charge in [-0.25, -0.2) is 10.8 Å². The Morgan fingerprint density at radius 1 is 1.13 bits per heavy atom. The molecule has 3 aromatic rings. The number of H-pyrrole nitrogens is 1. The Labute approximate surface area is 183 Å². The van der Waals surface area contributed by atoms with Crippen molar-refractivity contribution in [1.82, 2.24) is 15.7 Å². The number of fused-ring (bicyclic) bond motifs is 2. The van der Waals surface area contributed by atoms with Crippen LogP contribution in [0.25, 0.3) is 22.0 Å². The van der Waals surface area contributed by atoms with Crippen LogP contribution in [0.4, 0.5) is 0 Å². The molecule has 2 aliphatic rings. The van der Waals surface area contributed by atoms with Crippen LogP contribution < -0.4 is 16.6 Å². The van der Waals surface area contributed by atoms with Crippen LogP contribution in [-0.2, 0) is 11.2 Å². The molecule has 0 amide bonds. The van der Waals surface area contributed by atoms with Crippen LogP contribution >= 0.6 is 0 Å². The summed E-state index contributed by atoms with van der Waals surface area (Å²) in [6, 6.07) is 15.7. The van der Waals surface area contributed by atoms with E-state index in [0.717, 1.165) is 37.6 Å². The summed E-state index contributed by atoms with van der Waals surface area (Å²) in [6.07, 6.45) is 7.79. The average Bonchev–Trinajstić information content (AvgIpc) is 3.39. The number of methoxy groups -OCH3 is 1. The highest BCUT2D eigenvalue weighted by Crippen LogP contribution is 2.56. The molecule has 1 atom stereocenters. The maximum Gasteiger partial charge on any atom is 0.206 e. The molecule has 2 aromatic carbocycles. The Balaban J connectivity index is 1.56. The molecule has 6 nitrogen and oxygen atoms in total. The van der Waals surface area contributed by atoms with Gasteiger partial charge in [0.25, 0.3) is 0 Å². The molecule has 1 fully saturated rings. The molecule has 6 heteroatoms. The van der Waals surface area contributed by atoms with Gasteiger partial charge in [0.1, 0.15) is 0 Å². The monoisotopic (exact) mass is 417 g/mol. The SMILES string of the molecule is CN/C(=N\C1c2cc(-c3ccc4cc[nH]c4c3)ccc2CC12CCC(OC)CC2)NN. The Bertz CT molecular complexity index is 1100. The topological polar surface area (TPSA) is 87.5 Å². The van der Waals surface area contributed by atoms with Crippen LogP contribution in [0.5, 0.6) is 0 Å². The number of hydrogen-bond donors (Lipinski definition) is 4. The van der Waals surface area contributed by atoms with Gasteiger partial charge in [-0.1, -0.05) is 24.3 Å². The number of guanidine groups is 1. The molecule has 0 saturated heterocycles. The van der Waals surface area contributed by atoms with E-state index in [1.807, 2.05) is 20.4 Å². The van der Waals surface area contributed by atoms with Crippen LogP contribution in [-0.4, -0.2) is 31.2 Å². The van der Waals surface area contributed by atoms with Gasteiger partial charge in [0.15, 0.2) is 0 Å². The quantitative estimate of drug-likeness (QED) is 0.224. The van der Waals surface area contributed by atoms with Gasteiger partial charge in [-0.3, -0.25) is 5.43 Å². The van der Waals surface area contributed by atoms with Crippen molar-refractivity contribution in [2.45, 2.75) is 44.2 Å². The first-order valence-corrected chi connectivity index (χ1v) is 11.1. The van der Waals surface area contributed by atoms with Gasteiger partial charge < -0.3 is 15.0 Å². The number of hydrogen-bond acceptors (Lipinski definition) is 3. The molecule has 31 heavy (non-hydrogen) atoms. The molecule has 1 heterocycles. The number of benzene rings is 2. The van der Waals surface area contributed by atoms with Crippen molar-refractivity contribution in [2.75, 3.05) is 14.2 Å². The maximum atomic E-state index is 5.74. The number of rotatable bonds is 3. The third-order valence-electron chi connectivity index (χ3n) is 7.34. The fourth-order valence-corrected chi connectivity index (χ4v) is 5.58. The fourth-order valence-electron chi connectivity index (χ4n) is 5.58. The number of aromatic nitrogens is 1. The number of aliphatic imine (C=N–C) groups is 1. The van der Waals surface area contributed by atoms with E-state index in [4.69, 9.17) is 15.6 Å². The Kier molecular flexibility index (Phi) is 5.20. The lowest BCUT2D eigenvalue weighted by Crippen LogP contribution is -2.41. The summed E-state index contributed by atoms with van der Waals surface area (Å²) >= 11 is 0. The van der Waals surface area contributed by atoms with E-state index in [0.29, 0.717) is 12.1 Å². The second-order valence-electron chi connectivity index (χ2n) is 8.94. The molecule has 5 N–H and O–H groups in total. The number of nitrogens with zero attached hydrogens (tertiary/aromatic N) is 1. The molecule has 0 radical (unpaired) electrons. The second kappa shape index (κ2) is 8.02. The minimum atomic E-state index is 0.0768. The van der Waals surface area contributed by atoms with E-state index < -0.39 is 0 Å². The van der Waals surface area contributed by atoms with Crippen molar-refractivity contribution in [3.05, 3.63) is 59.8 Å². The molecule has 1 saturated carbocycles. The predicted octanol–water partition coefficient (Wildman–Crippen LogP) is 4.05. The van der Waals surface area contributed by atoms with E-state index in [1.54, 1.807) is 0 Å². The molecule has 2 aliphatic carbocycles. The largest absolute Gasteiger partial charge is 0.381 e. The Morgan fingerprint density at radius 3 is 2.65 bits per heavy atom. The highest BCUT2D eigenvalue weighted by molar-refractivity contribution is 5.85. The summed E-state index contributed by atoms with van der Waals surface area (Å²) < 4.78 is 5.65. The molecule has 1 unspecified atom stereocenters. The molecule has 0 bridgehead atoms. The average molecular weight is 418 g/mol. The lowest BCUT2D eigenvalue weighted by Gasteiger charge is -2.40.